The molecule has 3 heterocycles. The predicted molar refractivity (Wildman–Crippen MR) is 82.0 cm³/mol. The molecule has 1 saturated heterocycles. The first-order valence-corrected chi connectivity index (χ1v) is 8.04. The van der Waals surface area contributed by atoms with Crippen molar-refractivity contribution in [3.63, 3.8) is 0 Å². The molecule has 1 aliphatic rings. The highest BCUT2D eigenvalue weighted by Crippen LogP contribution is 2.26. The van der Waals surface area contributed by atoms with Gasteiger partial charge < -0.3 is 4.74 Å². The number of morpholine rings is 1. The summed E-state index contributed by atoms with van der Waals surface area (Å²) in [5.41, 5.74) is 2.67. The van der Waals surface area contributed by atoms with Gasteiger partial charge in [-0.1, -0.05) is 0 Å². The smallest absolute Gasteiger partial charge is 0.0964 e. The molecular formula is C16H20N2OS. The third kappa shape index (κ3) is 3.45. The molecule has 106 valence electrons. The van der Waals surface area contributed by atoms with Crippen LogP contribution in [0, 0.1) is 0 Å². The van der Waals surface area contributed by atoms with Crippen molar-refractivity contribution in [1.29, 1.82) is 0 Å². The maximum absolute atomic E-state index is 6.07. The van der Waals surface area contributed by atoms with Gasteiger partial charge in [-0.2, -0.15) is 11.3 Å². The number of nitrogens with zero attached hydrogens (tertiary/aromatic N) is 2. The zero-order chi connectivity index (χ0) is 13.8. The summed E-state index contributed by atoms with van der Waals surface area (Å²) in [5.74, 6) is 0. The van der Waals surface area contributed by atoms with E-state index in [1.807, 2.05) is 12.4 Å². The highest BCUT2D eigenvalue weighted by molar-refractivity contribution is 7.07. The number of pyridine rings is 1. The number of hydrogen-bond donors (Lipinski definition) is 0. The highest BCUT2D eigenvalue weighted by atomic mass is 32.1. The third-order valence-electron chi connectivity index (χ3n) is 3.72. The zero-order valence-corrected chi connectivity index (χ0v) is 12.6. The van der Waals surface area contributed by atoms with Gasteiger partial charge in [0.05, 0.1) is 12.2 Å². The lowest BCUT2D eigenvalue weighted by Crippen LogP contribution is -2.43. The summed E-state index contributed by atoms with van der Waals surface area (Å²) in [5, 5.41) is 4.32. The summed E-state index contributed by atoms with van der Waals surface area (Å²) in [7, 11) is 0. The molecule has 1 fully saturated rings. The Morgan fingerprint density at radius 2 is 2.15 bits per heavy atom. The van der Waals surface area contributed by atoms with Crippen molar-refractivity contribution < 1.29 is 4.74 Å². The van der Waals surface area contributed by atoms with Gasteiger partial charge in [0.25, 0.3) is 0 Å². The van der Waals surface area contributed by atoms with E-state index < -0.39 is 0 Å². The average molecular weight is 288 g/mol. The fraction of sp³-hybridized carbons (Fsp3) is 0.438. The molecule has 1 aliphatic heterocycles. The van der Waals surface area contributed by atoms with Crippen LogP contribution in [0.25, 0.3) is 0 Å². The second kappa shape index (κ2) is 6.48. The summed E-state index contributed by atoms with van der Waals surface area (Å²) >= 11 is 1.74. The van der Waals surface area contributed by atoms with E-state index in [9.17, 15) is 0 Å². The molecule has 0 N–H and O–H groups in total. The molecule has 0 bridgehead atoms. The van der Waals surface area contributed by atoms with Crippen LogP contribution in [0.1, 0.15) is 24.2 Å². The fourth-order valence-corrected chi connectivity index (χ4v) is 3.40. The molecule has 0 amide bonds. The molecule has 4 heteroatoms. The number of aromatic nitrogens is 1. The van der Waals surface area contributed by atoms with Crippen LogP contribution in [0.2, 0.25) is 0 Å². The summed E-state index contributed by atoms with van der Waals surface area (Å²) in [6, 6.07) is 6.37. The van der Waals surface area contributed by atoms with Crippen LogP contribution in [-0.4, -0.2) is 35.6 Å². The van der Waals surface area contributed by atoms with E-state index in [-0.39, 0.29) is 6.10 Å². The summed E-state index contributed by atoms with van der Waals surface area (Å²) in [4.78, 5) is 6.58. The SMILES string of the molecule is C[C@@H]1CN(CCc2ccncc2)C[C@H](c2ccsc2)O1. The molecular weight excluding hydrogens is 268 g/mol. The lowest BCUT2D eigenvalue weighted by molar-refractivity contribution is -0.0783. The maximum Gasteiger partial charge on any atom is 0.0964 e. The highest BCUT2D eigenvalue weighted by Gasteiger charge is 2.26. The zero-order valence-electron chi connectivity index (χ0n) is 11.7. The lowest BCUT2D eigenvalue weighted by atomic mass is 10.1. The van der Waals surface area contributed by atoms with Crippen molar-refractivity contribution in [1.82, 2.24) is 9.88 Å². The normalized spacial score (nSPS) is 23.9. The van der Waals surface area contributed by atoms with Gasteiger partial charge in [0.15, 0.2) is 0 Å². The topological polar surface area (TPSA) is 25.4 Å². The number of hydrogen-bond acceptors (Lipinski definition) is 4. The largest absolute Gasteiger partial charge is 0.368 e. The minimum Gasteiger partial charge on any atom is -0.368 e. The molecule has 0 radical (unpaired) electrons. The van der Waals surface area contributed by atoms with Crippen LogP contribution < -0.4 is 0 Å². The predicted octanol–water partition coefficient (Wildman–Crippen LogP) is 3.15. The lowest BCUT2D eigenvalue weighted by Gasteiger charge is -2.36. The van der Waals surface area contributed by atoms with Crippen molar-refractivity contribution >= 4 is 11.3 Å². The second-order valence-corrected chi connectivity index (χ2v) is 6.14. The van der Waals surface area contributed by atoms with Crippen LogP contribution >= 0.6 is 11.3 Å². The molecule has 20 heavy (non-hydrogen) atoms. The monoisotopic (exact) mass is 288 g/mol. The third-order valence-corrected chi connectivity index (χ3v) is 4.42. The summed E-state index contributed by atoms with van der Waals surface area (Å²) in [6.07, 6.45) is 5.33. The van der Waals surface area contributed by atoms with E-state index in [0.29, 0.717) is 6.10 Å². The number of thiophene rings is 1. The van der Waals surface area contributed by atoms with Crippen LogP contribution in [0.15, 0.2) is 41.4 Å². The Labute approximate surface area is 124 Å². The number of ether oxygens (including phenoxy) is 1. The Morgan fingerprint density at radius 3 is 2.90 bits per heavy atom. The van der Waals surface area contributed by atoms with Gasteiger partial charge in [-0.3, -0.25) is 9.88 Å². The van der Waals surface area contributed by atoms with Gasteiger partial charge >= 0.3 is 0 Å². The number of rotatable bonds is 4. The molecule has 2 atom stereocenters. The van der Waals surface area contributed by atoms with Crippen molar-refractivity contribution in [2.24, 2.45) is 0 Å². The Balaban J connectivity index is 1.59. The Bertz CT molecular complexity index is 515. The van der Waals surface area contributed by atoms with Gasteiger partial charge in [0.1, 0.15) is 0 Å². The first kappa shape index (κ1) is 13.7. The summed E-state index contributed by atoms with van der Waals surface area (Å²) in [6.45, 7) is 5.26. The van der Waals surface area contributed by atoms with E-state index in [2.05, 4.69) is 45.8 Å². The fourth-order valence-electron chi connectivity index (χ4n) is 2.70. The van der Waals surface area contributed by atoms with Gasteiger partial charge in [-0.25, -0.2) is 0 Å². The van der Waals surface area contributed by atoms with Gasteiger partial charge in [0.2, 0.25) is 0 Å². The van der Waals surface area contributed by atoms with Crippen LogP contribution in [0.3, 0.4) is 0 Å². The molecule has 0 aromatic carbocycles. The van der Waals surface area contributed by atoms with Crippen molar-refractivity contribution in [2.75, 3.05) is 19.6 Å². The van der Waals surface area contributed by atoms with E-state index in [0.717, 1.165) is 26.1 Å². The molecule has 0 unspecified atom stereocenters. The average Bonchev–Trinajstić information content (AvgIpc) is 3.00. The molecule has 2 aromatic heterocycles. The standard InChI is InChI=1S/C16H20N2OS/c1-13-10-18(8-4-14-2-6-17-7-3-14)11-16(19-13)15-5-9-20-12-15/h2-3,5-7,9,12-13,16H,4,8,10-11H2,1H3/t13-,16-/m1/s1. The van der Waals surface area contributed by atoms with Crippen LogP contribution in [0.5, 0.6) is 0 Å². The van der Waals surface area contributed by atoms with Gasteiger partial charge in [-0.15, -0.1) is 0 Å². The van der Waals surface area contributed by atoms with Crippen LogP contribution in [-0.2, 0) is 11.2 Å². The van der Waals surface area contributed by atoms with Gasteiger partial charge in [0, 0.05) is 32.0 Å². The summed E-state index contributed by atoms with van der Waals surface area (Å²) < 4.78 is 6.07. The Kier molecular flexibility index (Phi) is 4.45. The Morgan fingerprint density at radius 1 is 1.30 bits per heavy atom. The van der Waals surface area contributed by atoms with E-state index in [1.165, 1.54) is 11.1 Å². The molecule has 3 nitrogen and oxygen atoms in total. The maximum atomic E-state index is 6.07. The van der Waals surface area contributed by atoms with Crippen molar-refractivity contribution in [2.45, 2.75) is 25.6 Å². The van der Waals surface area contributed by atoms with Crippen LogP contribution in [0.4, 0.5) is 0 Å². The van der Waals surface area contributed by atoms with E-state index >= 15 is 0 Å². The first-order chi connectivity index (χ1) is 9.81. The van der Waals surface area contributed by atoms with Crippen molar-refractivity contribution in [3.05, 3.63) is 52.5 Å². The Hall–Kier alpha value is -1.23. The van der Waals surface area contributed by atoms with Gasteiger partial charge in [-0.05, 0) is 53.4 Å². The molecule has 0 saturated carbocycles. The molecule has 0 spiro atoms. The molecule has 2 aromatic rings. The quantitative estimate of drug-likeness (QED) is 0.864. The second-order valence-electron chi connectivity index (χ2n) is 5.36. The van der Waals surface area contributed by atoms with Crippen molar-refractivity contribution in [3.8, 4) is 0 Å². The molecule has 0 aliphatic carbocycles. The van der Waals surface area contributed by atoms with E-state index in [4.69, 9.17) is 4.74 Å². The first-order valence-electron chi connectivity index (χ1n) is 7.10. The minimum absolute atomic E-state index is 0.224. The van der Waals surface area contributed by atoms with E-state index in [1.54, 1.807) is 11.3 Å². The minimum atomic E-state index is 0.224. The molecule has 3 rings (SSSR count).